The molecule has 5 heteroatoms. The van der Waals surface area contributed by atoms with E-state index in [1.165, 1.54) is 5.56 Å². The maximum Gasteiger partial charge on any atom is 0.170 e. The molecular weight excluding hydrogens is 214 g/mol. The van der Waals surface area contributed by atoms with Gasteiger partial charge in [0.2, 0.25) is 0 Å². The van der Waals surface area contributed by atoms with Crippen molar-refractivity contribution >= 4 is 0 Å². The molecule has 0 saturated heterocycles. The Morgan fingerprint density at radius 1 is 1.18 bits per heavy atom. The summed E-state index contributed by atoms with van der Waals surface area (Å²) in [7, 11) is 0. The highest BCUT2D eigenvalue weighted by Gasteiger charge is 2.06. The molecule has 1 heterocycles. The number of benzene rings is 1. The molecule has 0 bridgehead atoms. The van der Waals surface area contributed by atoms with Crippen molar-refractivity contribution in [3.63, 3.8) is 0 Å². The van der Waals surface area contributed by atoms with Gasteiger partial charge in [-0.1, -0.05) is 26.0 Å². The molecule has 17 heavy (non-hydrogen) atoms. The van der Waals surface area contributed by atoms with Crippen LogP contribution < -0.4 is 5.32 Å². The van der Waals surface area contributed by atoms with Crippen LogP contribution in [0.2, 0.25) is 0 Å². The molecule has 1 N–H and O–H groups in total. The third-order valence-electron chi connectivity index (χ3n) is 2.66. The van der Waals surface area contributed by atoms with Crippen LogP contribution in [0.5, 0.6) is 0 Å². The van der Waals surface area contributed by atoms with Gasteiger partial charge < -0.3 is 5.32 Å². The van der Waals surface area contributed by atoms with E-state index in [1.54, 1.807) is 4.68 Å². The Bertz CT molecular complexity index is 460. The summed E-state index contributed by atoms with van der Waals surface area (Å²) < 4.78 is 1.77. The Morgan fingerprint density at radius 3 is 2.59 bits per heavy atom. The second-order valence-electron chi connectivity index (χ2n) is 3.81. The molecule has 0 aliphatic rings. The average molecular weight is 231 g/mol. The van der Waals surface area contributed by atoms with Crippen molar-refractivity contribution in [3.8, 4) is 5.69 Å². The van der Waals surface area contributed by atoms with Gasteiger partial charge in [-0.05, 0) is 41.1 Å². The normalized spacial score (nSPS) is 10.7. The van der Waals surface area contributed by atoms with Crippen LogP contribution in [0.4, 0.5) is 0 Å². The third-order valence-corrected chi connectivity index (χ3v) is 2.66. The van der Waals surface area contributed by atoms with Crippen LogP contribution in [-0.4, -0.2) is 26.8 Å². The number of nitrogens with zero attached hydrogens (tertiary/aromatic N) is 4. The molecule has 0 fully saturated rings. The maximum atomic E-state index is 4.01. The van der Waals surface area contributed by atoms with Gasteiger partial charge in [-0.2, -0.15) is 4.68 Å². The summed E-state index contributed by atoms with van der Waals surface area (Å²) >= 11 is 0. The number of hydrogen-bond acceptors (Lipinski definition) is 4. The lowest BCUT2D eigenvalue weighted by Crippen LogP contribution is -2.16. The van der Waals surface area contributed by atoms with E-state index < -0.39 is 0 Å². The molecule has 5 nitrogen and oxygen atoms in total. The van der Waals surface area contributed by atoms with Crippen molar-refractivity contribution in [2.24, 2.45) is 0 Å². The number of aryl methyl sites for hydroxylation is 1. The highest BCUT2D eigenvalue weighted by Crippen LogP contribution is 2.10. The Balaban J connectivity index is 2.23. The van der Waals surface area contributed by atoms with Gasteiger partial charge in [-0.25, -0.2) is 0 Å². The molecule has 0 aliphatic heterocycles. The van der Waals surface area contributed by atoms with E-state index in [9.17, 15) is 0 Å². The molecule has 1 aromatic carbocycles. The lowest BCUT2D eigenvalue weighted by Gasteiger charge is -2.05. The molecule has 2 aromatic rings. The van der Waals surface area contributed by atoms with E-state index in [1.807, 2.05) is 12.1 Å². The van der Waals surface area contributed by atoms with Crippen molar-refractivity contribution < 1.29 is 0 Å². The minimum absolute atomic E-state index is 0.680. The first-order chi connectivity index (χ1) is 8.35. The van der Waals surface area contributed by atoms with Gasteiger partial charge in [0.05, 0.1) is 12.2 Å². The summed E-state index contributed by atoms with van der Waals surface area (Å²) in [5.74, 6) is 0.830. The van der Waals surface area contributed by atoms with Crippen LogP contribution >= 0.6 is 0 Å². The first kappa shape index (κ1) is 11.7. The minimum Gasteiger partial charge on any atom is -0.310 e. The van der Waals surface area contributed by atoms with Crippen LogP contribution in [0.15, 0.2) is 24.3 Å². The van der Waals surface area contributed by atoms with E-state index >= 15 is 0 Å². The lowest BCUT2D eigenvalue weighted by molar-refractivity contribution is 0.664. The maximum absolute atomic E-state index is 4.01. The summed E-state index contributed by atoms with van der Waals surface area (Å²) in [6.45, 7) is 5.79. The van der Waals surface area contributed by atoms with Crippen LogP contribution in [0, 0.1) is 0 Å². The SMILES string of the molecule is CCNCc1nnnn1-c1ccc(CC)cc1. The summed E-state index contributed by atoms with van der Waals surface area (Å²) in [6.07, 6.45) is 1.04. The standard InChI is InChI=1S/C12H17N5/c1-3-10-5-7-11(8-6-10)17-12(9-13-4-2)14-15-16-17/h5-8,13H,3-4,9H2,1-2H3. The smallest absolute Gasteiger partial charge is 0.170 e. The summed E-state index contributed by atoms with van der Waals surface area (Å²) in [5, 5.41) is 15.0. The van der Waals surface area contributed by atoms with E-state index in [0.717, 1.165) is 24.5 Å². The van der Waals surface area contributed by atoms with Gasteiger partial charge in [-0.15, -0.1) is 5.10 Å². The Labute approximate surface area is 101 Å². The molecule has 0 radical (unpaired) electrons. The van der Waals surface area contributed by atoms with Crippen LogP contribution in [-0.2, 0) is 13.0 Å². The Morgan fingerprint density at radius 2 is 1.94 bits per heavy atom. The highest BCUT2D eigenvalue weighted by molar-refractivity contribution is 5.34. The van der Waals surface area contributed by atoms with Gasteiger partial charge in [-0.3, -0.25) is 0 Å². The van der Waals surface area contributed by atoms with Crippen LogP contribution in [0.25, 0.3) is 5.69 Å². The topological polar surface area (TPSA) is 55.6 Å². The zero-order valence-electron chi connectivity index (χ0n) is 10.2. The predicted molar refractivity (Wildman–Crippen MR) is 65.9 cm³/mol. The Kier molecular flexibility index (Phi) is 3.82. The van der Waals surface area contributed by atoms with Crippen molar-refractivity contribution in [3.05, 3.63) is 35.7 Å². The molecule has 90 valence electrons. The fourth-order valence-corrected chi connectivity index (χ4v) is 1.63. The summed E-state index contributed by atoms with van der Waals surface area (Å²) in [4.78, 5) is 0. The number of rotatable bonds is 5. The van der Waals surface area contributed by atoms with Crippen LogP contribution in [0.3, 0.4) is 0 Å². The first-order valence-corrected chi connectivity index (χ1v) is 5.92. The van der Waals surface area contributed by atoms with E-state index in [4.69, 9.17) is 0 Å². The predicted octanol–water partition coefficient (Wildman–Crippen LogP) is 1.33. The molecule has 2 rings (SSSR count). The Hall–Kier alpha value is -1.75. The quantitative estimate of drug-likeness (QED) is 0.843. The fraction of sp³-hybridized carbons (Fsp3) is 0.417. The van der Waals surface area contributed by atoms with Crippen LogP contribution in [0.1, 0.15) is 25.2 Å². The van der Waals surface area contributed by atoms with E-state index in [-0.39, 0.29) is 0 Å². The summed E-state index contributed by atoms with van der Waals surface area (Å²) in [5.41, 5.74) is 2.31. The molecule has 0 aliphatic carbocycles. The molecule has 0 spiro atoms. The number of nitrogens with one attached hydrogen (secondary N) is 1. The molecular formula is C12H17N5. The fourth-order valence-electron chi connectivity index (χ4n) is 1.63. The van der Waals surface area contributed by atoms with Crippen molar-refractivity contribution in [1.29, 1.82) is 0 Å². The monoisotopic (exact) mass is 231 g/mol. The molecule has 0 unspecified atom stereocenters. The van der Waals surface area contributed by atoms with Gasteiger partial charge in [0.1, 0.15) is 0 Å². The molecule has 0 amide bonds. The van der Waals surface area contributed by atoms with Gasteiger partial charge in [0.15, 0.2) is 5.82 Å². The first-order valence-electron chi connectivity index (χ1n) is 5.92. The second-order valence-corrected chi connectivity index (χ2v) is 3.81. The molecule has 0 atom stereocenters. The minimum atomic E-state index is 0.680. The van der Waals surface area contributed by atoms with Gasteiger partial charge in [0.25, 0.3) is 0 Å². The lowest BCUT2D eigenvalue weighted by atomic mass is 10.1. The molecule has 0 saturated carbocycles. The largest absolute Gasteiger partial charge is 0.310 e. The van der Waals surface area contributed by atoms with E-state index in [2.05, 4.69) is 46.8 Å². The van der Waals surface area contributed by atoms with Gasteiger partial charge in [0, 0.05) is 0 Å². The van der Waals surface area contributed by atoms with Gasteiger partial charge >= 0.3 is 0 Å². The second kappa shape index (κ2) is 5.54. The van der Waals surface area contributed by atoms with E-state index in [0.29, 0.717) is 6.54 Å². The van der Waals surface area contributed by atoms with Crippen molar-refractivity contribution in [1.82, 2.24) is 25.5 Å². The summed E-state index contributed by atoms with van der Waals surface area (Å²) in [6, 6.07) is 8.30. The van der Waals surface area contributed by atoms with Crippen molar-refractivity contribution in [2.45, 2.75) is 26.8 Å². The van der Waals surface area contributed by atoms with Crippen molar-refractivity contribution in [2.75, 3.05) is 6.54 Å². The number of aromatic nitrogens is 4. The zero-order chi connectivity index (χ0) is 12.1. The highest BCUT2D eigenvalue weighted by atomic mass is 15.5. The zero-order valence-corrected chi connectivity index (χ0v) is 10.2. The molecule has 1 aromatic heterocycles. The third kappa shape index (κ3) is 2.68. The average Bonchev–Trinajstić information content (AvgIpc) is 2.84. The number of tetrazole rings is 1. The number of hydrogen-bond donors (Lipinski definition) is 1.